The Bertz CT molecular complexity index is 485. The molecule has 2 nitrogen and oxygen atoms in total. The Labute approximate surface area is 82.3 Å². The maximum Gasteiger partial charge on any atom is 0.126 e. The molecule has 0 radical (unpaired) electrons. The third kappa shape index (κ3) is 1.20. The molecule has 1 aromatic carbocycles. The first-order chi connectivity index (χ1) is 6.63. The fourth-order valence-electron chi connectivity index (χ4n) is 1.80. The first-order valence-corrected chi connectivity index (χ1v) is 4.75. The van der Waals surface area contributed by atoms with Gasteiger partial charge in [-0.1, -0.05) is 6.92 Å². The van der Waals surface area contributed by atoms with Crippen molar-refractivity contribution in [3.8, 4) is 0 Å². The highest BCUT2D eigenvalue weighted by atomic mass is 19.1. The molecule has 1 aromatic heterocycles. The lowest BCUT2D eigenvalue weighted by molar-refractivity contribution is 0.620. The predicted molar refractivity (Wildman–Crippen MR) is 54.8 cm³/mol. The summed E-state index contributed by atoms with van der Waals surface area (Å²) in [5.41, 5.74) is 2.61. The summed E-state index contributed by atoms with van der Waals surface area (Å²) in [5, 5.41) is 5.26. The number of fused-ring (bicyclic) bond motifs is 1. The second-order valence-electron chi connectivity index (χ2n) is 3.54. The SMILES string of the molecule is CCc1c2cc(F)c(C)cc2nn1C. The standard InChI is InChI=1S/C11H13FN2/c1-4-11-8-6-9(12)7(2)5-10(8)13-14(11)3/h5-6H,4H2,1-3H3. The fraction of sp³-hybridized carbons (Fsp3) is 0.364. The number of aromatic nitrogens is 2. The number of aryl methyl sites for hydroxylation is 3. The first kappa shape index (κ1) is 9.19. The minimum atomic E-state index is -0.153. The molecule has 0 amide bonds. The molecule has 0 atom stereocenters. The van der Waals surface area contributed by atoms with E-state index in [1.165, 1.54) is 0 Å². The molecule has 2 aromatic rings. The van der Waals surface area contributed by atoms with Gasteiger partial charge >= 0.3 is 0 Å². The molecule has 0 N–H and O–H groups in total. The Morgan fingerprint density at radius 3 is 2.79 bits per heavy atom. The monoisotopic (exact) mass is 192 g/mol. The minimum absolute atomic E-state index is 0.153. The van der Waals surface area contributed by atoms with Crippen LogP contribution >= 0.6 is 0 Å². The summed E-state index contributed by atoms with van der Waals surface area (Å²) in [6.45, 7) is 3.81. The molecule has 0 fully saturated rings. The van der Waals surface area contributed by atoms with Crippen molar-refractivity contribution >= 4 is 10.9 Å². The van der Waals surface area contributed by atoms with Gasteiger partial charge in [0.05, 0.1) is 5.52 Å². The summed E-state index contributed by atoms with van der Waals surface area (Å²) in [6, 6.07) is 3.38. The Morgan fingerprint density at radius 1 is 1.43 bits per heavy atom. The summed E-state index contributed by atoms with van der Waals surface area (Å²) in [5.74, 6) is -0.153. The highest BCUT2D eigenvalue weighted by molar-refractivity contribution is 5.82. The zero-order valence-corrected chi connectivity index (χ0v) is 8.63. The Morgan fingerprint density at radius 2 is 2.14 bits per heavy atom. The Kier molecular flexibility index (Phi) is 2.02. The van der Waals surface area contributed by atoms with Crippen molar-refractivity contribution in [3.63, 3.8) is 0 Å². The summed E-state index contributed by atoms with van der Waals surface area (Å²) in [4.78, 5) is 0. The van der Waals surface area contributed by atoms with Crippen LogP contribution in [0.1, 0.15) is 18.2 Å². The van der Waals surface area contributed by atoms with Crippen LogP contribution in [0.4, 0.5) is 4.39 Å². The fourth-order valence-corrected chi connectivity index (χ4v) is 1.80. The predicted octanol–water partition coefficient (Wildman–Crippen LogP) is 2.58. The average molecular weight is 192 g/mol. The van der Waals surface area contributed by atoms with Gasteiger partial charge in [-0.05, 0) is 31.0 Å². The summed E-state index contributed by atoms with van der Waals surface area (Å²) in [7, 11) is 1.89. The largest absolute Gasteiger partial charge is 0.271 e. The summed E-state index contributed by atoms with van der Waals surface area (Å²) in [6.07, 6.45) is 0.871. The van der Waals surface area contributed by atoms with Gasteiger partial charge in [0.15, 0.2) is 0 Å². The number of hydrogen-bond acceptors (Lipinski definition) is 1. The molecule has 74 valence electrons. The molecule has 1 heterocycles. The molecule has 14 heavy (non-hydrogen) atoms. The highest BCUT2D eigenvalue weighted by Crippen LogP contribution is 2.21. The van der Waals surface area contributed by atoms with Crippen molar-refractivity contribution in [2.45, 2.75) is 20.3 Å². The Balaban J connectivity index is 2.82. The molecular formula is C11H13FN2. The molecule has 2 rings (SSSR count). The zero-order valence-electron chi connectivity index (χ0n) is 8.63. The van der Waals surface area contributed by atoms with Gasteiger partial charge < -0.3 is 0 Å². The number of halogens is 1. The molecule has 0 unspecified atom stereocenters. The van der Waals surface area contributed by atoms with E-state index in [0.717, 1.165) is 23.0 Å². The van der Waals surface area contributed by atoms with E-state index in [0.29, 0.717) is 5.56 Å². The number of hydrogen-bond donors (Lipinski definition) is 0. The lowest BCUT2D eigenvalue weighted by Gasteiger charge is -1.98. The Hall–Kier alpha value is -1.38. The van der Waals surface area contributed by atoms with E-state index in [2.05, 4.69) is 5.10 Å². The van der Waals surface area contributed by atoms with Crippen LogP contribution < -0.4 is 0 Å². The molecule has 0 saturated carbocycles. The van der Waals surface area contributed by atoms with E-state index in [4.69, 9.17) is 0 Å². The molecule has 0 aliphatic carbocycles. The van der Waals surface area contributed by atoms with Gasteiger partial charge in [0.25, 0.3) is 0 Å². The van der Waals surface area contributed by atoms with Gasteiger partial charge in [-0.2, -0.15) is 5.10 Å². The summed E-state index contributed by atoms with van der Waals surface area (Å²) >= 11 is 0. The van der Waals surface area contributed by atoms with E-state index >= 15 is 0 Å². The van der Waals surface area contributed by atoms with Crippen molar-refractivity contribution in [2.24, 2.45) is 7.05 Å². The molecule has 0 aliphatic heterocycles. The van der Waals surface area contributed by atoms with E-state index in [-0.39, 0.29) is 5.82 Å². The topological polar surface area (TPSA) is 17.8 Å². The van der Waals surface area contributed by atoms with Gasteiger partial charge in [-0.15, -0.1) is 0 Å². The second-order valence-corrected chi connectivity index (χ2v) is 3.54. The maximum atomic E-state index is 13.3. The van der Waals surface area contributed by atoms with Crippen LogP contribution in [0.25, 0.3) is 10.9 Å². The van der Waals surface area contributed by atoms with Gasteiger partial charge in [0, 0.05) is 18.1 Å². The van der Waals surface area contributed by atoms with E-state index < -0.39 is 0 Å². The lowest BCUT2D eigenvalue weighted by Crippen LogP contribution is -1.95. The van der Waals surface area contributed by atoms with Crippen molar-refractivity contribution in [3.05, 3.63) is 29.2 Å². The third-order valence-electron chi connectivity index (χ3n) is 2.57. The van der Waals surface area contributed by atoms with Gasteiger partial charge in [-0.25, -0.2) is 4.39 Å². The smallest absolute Gasteiger partial charge is 0.126 e. The normalized spacial score (nSPS) is 11.1. The van der Waals surface area contributed by atoms with Crippen LogP contribution in [0.3, 0.4) is 0 Å². The number of rotatable bonds is 1. The van der Waals surface area contributed by atoms with E-state index in [1.807, 2.05) is 18.7 Å². The van der Waals surface area contributed by atoms with Gasteiger partial charge in [-0.3, -0.25) is 4.68 Å². The third-order valence-corrected chi connectivity index (χ3v) is 2.57. The van der Waals surface area contributed by atoms with E-state index in [9.17, 15) is 4.39 Å². The zero-order chi connectivity index (χ0) is 10.3. The number of benzene rings is 1. The highest BCUT2D eigenvalue weighted by Gasteiger charge is 2.09. The molecule has 0 aliphatic rings. The van der Waals surface area contributed by atoms with Crippen LogP contribution in [-0.2, 0) is 13.5 Å². The minimum Gasteiger partial charge on any atom is -0.271 e. The van der Waals surface area contributed by atoms with Crippen LogP contribution in [0.2, 0.25) is 0 Å². The second kappa shape index (κ2) is 3.08. The van der Waals surface area contributed by atoms with Crippen molar-refractivity contribution in [1.29, 1.82) is 0 Å². The average Bonchev–Trinajstić information content (AvgIpc) is 2.42. The van der Waals surface area contributed by atoms with Crippen molar-refractivity contribution < 1.29 is 4.39 Å². The van der Waals surface area contributed by atoms with E-state index in [1.54, 1.807) is 19.1 Å². The molecule has 0 spiro atoms. The molecule has 3 heteroatoms. The van der Waals surface area contributed by atoms with Crippen LogP contribution in [0, 0.1) is 12.7 Å². The molecule has 0 bridgehead atoms. The molecular weight excluding hydrogens is 179 g/mol. The van der Waals surface area contributed by atoms with Crippen LogP contribution in [0.5, 0.6) is 0 Å². The quantitative estimate of drug-likeness (QED) is 0.679. The number of nitrogens with zero attached hydrogens (tertiary/aromatic N) is 2. The first-order valence-electron chi connectivity index (χ1n) is 4.75. The molecule has 0 saturated heterocycles. The maximum absolute atomic E-state index is 13.3. The summed E-state index contributed by atoms with van der Waals surface area (Å²) < 4.78 is 15.2. The van der Waals surface area contributed by atoms with Crippen molar-refractivity contribution in [2.75, 3.05) is 0 Å². The van der Waals surface area contributed by atoms with Gasteiger partial charge in [0.1, 0.15) is 5.82 Å². The van der Waals surface area contributed by atoms with Crippen LogP contribution in [0.15, 0.2) is 12.1 Å². The van der Waals surface area contributed by atoms with Crippen molar-refractivity contribution in [1.82, 2.24) is 9.78 Å². The van der Waals surface area contributed by atoms with Crippen LogP contribution in [-0.4, -0.2) is 9.78 Å². The lowest BCUT2D eigenvalue weighted by atomic mass is 10.1. The van der Waals surface area contributed by atoms with Gasteiger partial charge in [0.2, 0.25) is 0 Å².